The molecule has 3 rings (SSSR count). The van der Waals surface area contributed by atoms with Gasteiger partial charge in [0.05, 0.1) is 13.7 Å². The Kier molecular flexibility index (Phi) is 10.2. The van der Waals surface area contributed by atoms with Crippen molar-refractivity contribution in [2.45, 2.75) is 39.8 Å². The molecule has 0 saturated carbocycles. The lowest BCUT2D eigenvalue weighted by Gasteiger charge is -2.12. The van der Waals surface area contributed by atoms with E-state index in [2.05, 4.69) is 44.9 Å². The molecule has 31 heavy (non-hydrogen) atoms. The molecule has 0 saturated heterocycles. The molecule has 0 unspecified atom stereocenters. The number of aliphatic imine (C=N–C) groups is 1. The van der Waals surface area contributed by atoms with Crippen molar-refractivity contribution >= 4 is 41.3 Å². The Hall–Kier alpha value is -2.21. The molecule has 0 atom stereocenters. The summed E-state index contributed by atoms with van der Waals surface area (Å²) in [5.41, 5.74) is 1.24. The number of hydrogen-bond acceptors (Lipinski definition) is 6. The van der Waals surface area contributed by atoms with E-state index in [0.29, 0.717) is 13.1 Å². The molecule has 2 heterocycles. The van der Waals surface area contributed by atoms with E-state index in [-0.39, 0.29) is 24.0 Å². The lowest BCUT2D eigenvalue weighted by Crippen LogP contribution is -2.38. The van der Waals surface area contributed by atoms with Gasteiger partial charge in [0, 0.05) is 24.7 Å². The van der Waals surface area contributed by atoms with Crippen molar-refractivity contribution in [1.82, 2.24) is 30.4 Å². The number of methoxy groups -OCH3 is 1. The van der Waals surface area contributed by atoms with E-state index in [1.54, 1.807) is 18.4 Å². The molecule has 0 aliphatic carbocycles. The summed E-state index contributed by atoms with van der Waals surface area (Å²) in [6.45, 7) is 5.92. The minimum atomic E-state index is 0. The number of aromatic nitrogens is 4. The molecule has 0 bridgehead atoms. The second kappa shape index (κ2) is 12.6. The highest BCUT2D eigenvalue weighted by atomic mass is 127. The van der Waals surface area contributed by atoms with Gasteiger partial charge in [-0.15, -0.1) is 45.5 Å². The molecule has 10 heteroatoms. The van der Waals surface area contributed by atoms with E-state index in [1.165, 1.54) is 10.4 Å². The van der Waals surface area contributed by atoms with Crippen LogP contribution in [0.1, 0.15) is 34.0 Å². The van der Waals surface area contributed by atoms with Crippen LogP contribution >= 0.6 is 35.3 Å². The van der Waals surface area contributed by atoms with E-state index >= 15 is 0 Å². The van der Waals surface area contributed by atoms with Crippen LogP contribution in [-0.2, 0) is 33.0 Å². The van der Waals surface area contributed by atoms with Crippen molar-refractivity contribution in [2.24, 2.45) is 12.0 Å². The molecule has 0 fully saturated rings. The molecule has 168 valence electrons. The number of thiazole rings is 1. The summed E-state index contributed by atoms with van der Waals surface area (Å²) >= 11 is 1.72. The quantitative estimate of drug-likeness (QED) is 0.240. The lowest BCUT2D eigenvalue weighted by molar-refractivity contribution is 0.414. The Bertz CT molecular complexity index is 969. The van der Waals surface area contributed by atoms with E-state index in [1.807, 2.05) is 36.9 Å². The first-order chi connectivity index (χ1) is 14.6. The predicted octanol–water partition coefficient (Wildman–Crippen LogP) is 3.25. The number of ether oxygens (including phenoxy) is 1. The van der Waals surface area contributed by atoms with Gasteiger partial charge in [-0.2, -0.15) is 0 Å². The fraction of sp³-hybridized carbons (Fsp3) is 0.429. The van der Waals surface area contributed by atoms with Crippen LogP contribution in [0.5, 0.6) is 5.75 Å². The smallest absolute Gasteiger partial charge is 0.192 e. The van der Waals surface area contributed by atoms with Crippen LogP contribution < -0.4 is 15.4 Å². The van der Waals surface area contributed by atoms with Crippen LogP contribution in [0.25, 0.3) is 0 Å². The molecule has 2 N–H and O–H groups in total. The van der Waals surface area contributed by atoms with Crippen LogP contribution in [0.2, 0.25) is 0 Å². The lowest BCUT2D eigenvalue weighted by atomic mass is 10.1. The largest absolute Gasteiger partial charge is 0.497 e. The van der Waals surface area contributed by atoms with E-state index in [4.69, 9.17) is 9.73 Å². The van der Waals surface area contributed by atoms with Crippen molar-refractivity contribution in [2.75, 3.05) is 13.7 Å². The first-order valence-corrected chi connectivity index (χ1v) is 10.8. The van der Waals surface area contributed by atoms with Crippen molar-refractivity contribution in [3.63, 3.8) is 0 Å². The van der Waals surface area contributed by atoms with Crippen molar-refractivity contribution in [3.8, 4) is 5.75 Å². The van der Waals surface area contributed by atoms with Crippen LogP contribution in [0.15, 0.2) is 35.5 Å². The summed E-state index contributed by atoms with van der Waals surface area (Å²) in [4.78, 5) is 10.5. The number of guanidine groups is 1. The van der Waals surface area contributed by atoms with Crippen LogP contribution in [0, 0.1) is 6.92 Å². The third-order valence-corrected chi connectivity index (χ3v) is 5.93. The zero-order valence-corrected chi connectivity index (χ0v) is 21.5. The van der Waals surface area contributed by atoms with Crippen LogP contribution in [0.4, 0.5) is 0 Å². The second-order valence-electron chi connectivity index (χ2n) is 6.84. The Labute approximate surface area is 204 Å². The molecule has 0 amide bonds. The van der Waals surface area contributed by atoms with Gasteiger partial charge in [-0.1, -0.05) is 19.1 Å². The first-order valence-electron chi connectivity index (χ1n) is 10.0. The van der Waals surface area contributed by atoms with Gasteiger partial charge in [0.1, 0.15) is 23.1 Å². The number of nitrogens with zero attached hydrogens (tertiary/aromatic N) is 5. The average molecular weight is 555 g/mol. The number of hydrogen-bond donors (Lipinski definition) is 2. The molecule has 0 aliphatic rings. The highest BCUT2D eigenvalue weighted by Crippen LogP contribution is 2.13. The zero-order chi connectivity index (χ0) is 21.3. The first kappa shape index (κ1) is 25.1. The summed E-state index contributed by atoms with van der Waals surface area (Å²) in [6.07, 6.45) is 3.83. The van der Waals surface area contributed by atoms with Gasteiger partial charge in [0.25, 0.3) is 0 Å². The Balaban J connectivity index is 0.00000341. The van der Waals surface area contributed by atoms with E-state index in [9.17, 15) is 0 Å². The zero-order valence-electron chi connectivity index (χ0n) is 18.4. The number of nitrogens with one attached hydrogen (secondary N) is 2. The third kappa shape index (κ3) is 7.46. The molecule has 3 aromatic rings. The highest BCUT2D eigenvalue weighted by molar-refractivity contribution is 14.0. The number of rotatable bonds is 9. The van der Waals surface area contributed by atoms with Gasteiger partial charge >= 0.3 is 0 Å². The molecular weight excluding hydrogens is 525 g/mol. The van der Waals surface area contributed by atoms with E-state index in [0.717, 1.165) is 47.8 Å². The molecule has 0 aliphatic heterocycles. The van der Waals surface area contributed by atoms with Crippen molar-refractivity contribution in [1.29, 1.82) is 0 Å². The van der Waals surface area contributed by atoms with Gasteiger partial charge < -0.3 is 19.9 Å². The fourth-order valence-electron chi connectivity index (χ4n) is 2.78. The monoisotopic (exact) mass is 555 g/mol. The van der Waals surface area contributed by atoms with Crippen molar-refractivity contribution < 1.29 is 4.74 Å². The summed E-state index contributed by atoms with van der Waals surface area (Å²) < 4.78 is 7.17. The number of aryl methyl sites for hydroxylation is 2. The molecule has 8 nitrogen and oxygen atoms in total. The second-order valence-corrected chi connectivity index (χ2v) is 8.04. The van der Waals surface area contributed by atoms with Gasteiger partial charge in [0.15, 0.2) is 11.8 Å². The molecule has 0 spiro atoms. The van der Waals surface area contributed by atoms with Gasteiger partial charge in [-0.25, -0.2) is 9.98 Å². The minimum Gasteiger partial charge on any atom is -0.497 e. The fourth-order valence-corrected chi connectivity index (χ4v) is 3.58. The van der Waals surface area contributed by atoms with Gasteiger partial charge in [-0.3, -0.25) is 0 Å². The topological polar surface area (TPSA) is 89.3 Å². The maximum Gasteiger partial charge on any atom is 0.192 e. The van der Waals surface area contributed by atoms with Crippen molar-refractivity contribution in [3.05, 3.63) is 57.6 Å². The molecule has 2 aromatic heterocycles. The molecule has 1 aromatic carbocycles. The van der Waals surface area contributed by atoms with Crippen LogP contribution in [0.3, 0.4) is 0 Å². The summed E-state index contributed by atoms with van der Waals surface area (Å²) in [6, 6.07) is 8.11. The number of halogens is 1. The normalized spacial score (nSPS) is 11.2. The van der Waals surface area contributed by atoms with E-state index < -0.39 is 0 Å². The third-order valence-electron chi connectivity index (χ3n) is 4.78. The Morgan fingerprint density at radius 2 is 1.97 bits per heavy atom. The van der Waals surface area contributed by atoms with Crippen LogP contribution in [-0.4, -0.2) is 39.4 Å². The summed E-state index contributed by atoms with van der Waals surface area (Å²) in [5, 5.41) is 16.1. The van der Waals surface area contributed by atoms with Gasteiger partial charge in [0.2, 0.25) is 0 Å². The summed E-state index contributed by atoms with van der Waals surface area (Å²) in [7, 11) is 3.63. The average Bonchev–Trinajstić information content (AvgIpc) is 3.37. The Morgan fingerprint density at radius 1 is 1.19 bits per heavy atom. The highest BCUT2D eigenvalue weighted by Gasteiger charge is 2.07. The minimum absolute atomic E-state index is 0. The van der Waals surface area contributed by atoms with Gasteiger partial charge in [-0.05, 0) is 37.5 Å². The molecule has 0 radical (unpaired) electrons. The standard InChI is InChI=1S/C21H29N7OS.HI/c1-5-18-12-23-20(30-18)14-25-21(24-13-19-27-26-15(2)28(19)3)22-11-10-16-6-8-17(29-4)9-7-16;/h6-9,12H,5,10-11,13-14H2,1-4H3,(H2,22,24,25);1H. The predicted molar refractivity (Wildman–Crippen MR) is 135 cm³/mol. The Morgan fingerprint density at radius 3 is 2.58 bits per heavy atom. The summed E-state index contributed by atoms with van der Waals surface area (Å²) in [5.74, 6) is 3.30. The molecular formula is C21H30IN7OS. The number of benzene rings is 1. The maximum atomic E-state index is 5.22. The SMILES string of the molecule is CCc1cnc(CNC(=NCc2nnc(C)n2C)NCCc2ccc(OC)cc2)s1.I. The maximum absolute atomic E-state index is 5.22.